The molecule has 0 radical (unpaired) electrons. The van der Waals surface area contributed by atoms with Gasteiger partial charge in [-0.2, -0.15) is 0 Å². The van der Waals surface area contributed by atoms with Crippen LogP contribution in [0.1, 0.15) is 24.0 Å². The molecule has 3 heteroatoms. The second-order valence-corrected chi connectivity index (χ2v) is 4.05. The summed E-state index contributed by atoms with van der Waals surface area (Å²) in [5, 5.41) is 3.35. The van der Waals surface area contributed by atoms with Crippen LogP contribution in [0.4, 0.5) is 0 Å². The van der Waals surface area contributed by atoms with E-state index in [1.165, 1.54) is 11.1 Å². The summed E-state index contributed by atoms with van der Waals surface area (Å²) in [5.74, 6) is 0.605. The maximum Gasteiger partial charge on any atom is 0.106 e. The van der Waals surface area contributed by atoms with Crippen LogP contribution in [0.5, 0.6) is 0 Å². The van der Waals surface area contributed by atoms with Crippen molar-refractivity contribution in [1.29, 1.82) is 0 Å². The Labute approximate surface area is 80.5 Å². The molecule has 64 valence electrons. The molecule has 0 fully saturated rings. The molecular formula is C9H11BrN2. The molecule has 1 aromatic rings. The van der Waals surface area contributed by atoms with E-state index in [1.54, 1.807) is 0 Å². The highest BCUT2D eigenvalue weighted by molar-refractivity contribution is 9.10. The zero-order valence-electron chi connectivity index (χ0n) is 6.97. The van der Waals surface area contributed by atoms with Crippen molar-refractivity contribution in [3.8, 4) is 0 Å². The topological polar surface area (TPSA) is 24.9 Å². The van der Waals surface area contributed by atoms with Gasteiger partial charge < -0.3 is 5.32 Å². The Morgan fingerprint density at radius 3 is 3.33 bits per heavy atom. The molecule has 0 aromatic carbocycles. The fourth-order valence-electron chi connectivity index (χ4n) is 1.61. The van der Waals surface area contributed by atoms with Gasteiger partial charge in [0.2, 0.25) is 0 Å². The van der Waals surface area contributed by atoms with Gasteiger partial charge in [-0.15, -0.1) is 0 Å². The van der Waals surface area contributed by atoms with Gasteiger partial charge in [-0.1, -0.05) is 6.92 Å². The molecule has 2 nitrogen and oxygen atoms in total. The Morgan fingerprint density at radius 2 is 2.50 bits per heavy atom. The third kappa shape index (κ3) is 1.39. The number of hydrogen-bond acceptors (Lipinski definition) is 2. The summed E-state index contributed by atoms with van der Waals surface area (Å²) >= 11 is 3.39. The normalized spacial score (nSPS) is 22.0. The minimum atomic E-state index is 0.605. The zero-order valence-corrected chi connectivity index (χ0v) is 8.56. The number of halogens is 1. The van der Waals surface area contributed by atoms with Crippen molar-refractivity contribution in [2.24, 2.45) is 0 Å². The van der Waals surface area contributed by atoms with Crippen LogP contribution in [0.25, 0.3) is 0 Å². The molecular weight excluding hydrogens is 216 g/mol. The van der Waals surface area contributed by atoms with Gasteiger partial charge in [-0.3, -0.25) is 0 Å². The number of nitrogens with zero attached hydrogens (tertiary/aromatic N) is 1. The van der Waals surface area contributed by atoms with E-state index in [9.17, 15) is 0 Å². The van der Waals surface area contributed by atoms with Gasteiger partial charge in [0.15, 0.2) is 0 Å². The number of aromatic nitrogens is 1. The van der Waals surface area contributed by atoms with Gasteiger partial charge in [0.25, 0.3) is 0 Å². The zero-order chi connectivity index (χ0) is 8.55. The molecule has 1 aromatic heterocycles. The molecule has 0 saturated carbocycles. The molecule has 12 heavy (non-hydrogen) atoms. The fourth-order valence-corrected chi connectivity index (χ4v) is 1.96. The predicted octanol–water partition coefficient (Wildman–Crippen LogP) is 2.05. The van der Waals surface area contributed by atoms with E-state index in [2.05, 4.69) is 39.2 Å². The van der Waals surface area contributed by atoms with Crippen molar-refractivity contribution < 1.29 is 0 Å². The van der Waals surface area contributed by atoms with E-state index in [0.717, 1.165) is 17.7 Å². The molecule has 1 N–H and O–H groups in total. The average Bonchev–Trinajstić information content (AvgIpc) is 2.07. The van der Waals surface area contributed by atoms with Crippen LogP contribution in [0.2, 0.25) is 0 Å². The molecule has 0 aliphatic carbocycles. The highest BCUT2D eigenvalue weighted by Gasteiger charge is 2.15. The van der Waals surface area contributed by atoms with Crippen LogP contribution >= 0.6 is 15.9 Å². The predicted molar refractivity (Wildman–Crippen MR) is 52.1 cm³/mol. The summed E-state index contributed by atoms with van der Waals surface area (Å²) in [6.45, 7) is 4.26. The van der Waals surface area contributed by atoms with Gasteiger partial charge in [-0.05, 0) is 39.0 Å². The van der Waals surface area contributed by atoms with Crippen molar-refractivity contribution >= 4 is 15.9 Å². The first kappa shape index (κ1) is 8.20. The van der Waals surface area contributed by atoms with Gasteiger partial charge in [0.05, 0.1) is 0 Å². The SMILES string of the molecule is CC1CNCc2cnc(Br)cc21. The minimum absolute atomic E-state index is 0.605. The van der Waals surface area contributed by atoms with Crippen molar-refractivity contribution in [3.63, 3.8) is 0 Å². The van der Waals surface area contributed by atoms with Gasteiger partial charge in [0, 0.05) is 19.3 Å². The molecule has 0 bridgehead atoms. The lowest BCUT2D eigenvalue weighted by Crippen LogP contribution is -2.26. The van der Waals surface area contributed by atoms with E-state index in [-0.39, 0.29) is 0 Å². The smallest absolute Gasteiger partial charge is 0.106 e. The number of nitrogens with one attached hydrogen (secondary N) is 1. The molecule has 0 saturated heterocycles. The second-order valence-electron chi connectivity index (χ2n) is 3.24. The molecule has 2 rings (SSSR count). The summed E-state index contributed by atoms with van der Waals surface area (Å²) < 4.78 is 0.940. The Bertz CT molecular complexity index is 299. The third-order valence-electron chi connectivity index (χ3n) is 2.29. The summed E-state index contributed by atoms with van der Waals surface area (Å²) in [6.07, 6.45) is 1.95. The lowest BCUT2D eigenvalue weighted by molar-refractivity contribution is 0.568. The van der Waals surface area contributed by atoms with Crippen molar-refractivity contribution in [3.05, 3.63) is 28.0 Å². The monoisotopic (exact) mass is 226 g/mol. The van der Waals surface area contributed by atoms with Crippen LogP contribution in [-0.4, -0.2) is 11.5 Å². The number of rotatable bonds is 0. The van der Waals surface area contributed by atoms with Crippen molar-refractivity contribution in [2.45, 2.75) is 19.4 Å². The summed E-state index contributed by atoms with van der Waals surface area (Å²) in [4.78, 5) is 4.20. The van der Waals surface area contributed by atoms with Crippen LogP contribution in [0, 0.1) is 0 Å². The van der Waals surface area contributed by atoms with Crippen LogP contribution in [0.3, 0.4) is 0 Å². The Kier molecular flexibility index (Phi) is 2.15. The summed E-state index contributed by atoms with van der Waals surface area (Å²) in [5.41, 5.74) is 2.76. The quantitative estimate of drug-likeness (QED) is 0.686. The van der Waals surface area contributed by atoms with Crippen LogP contribution in [-0.2, 0) is 6.54 Å². The lowest BCUT2D eigenvalue weighted by atomic mass is 9.94. The largest absolute Gasteiger partial charge is 0.312 e. The van der Waals surface area contributed by atoms with Gasteiger partial charge in [0.1, 0.15) is 4.60 Å². The lowest BCUT2D eigenvalue weighted by Gasteiger charge is -2.22. The van der Waals surface area contributed by atoms with E-state index < -0.39 is 0 Å². The van der Waals surface area contributed by atoms with Crippen molar-refractivity contribution in [1.82, 2.24) is 10.3 Å². The molecule has 1 aliphatic heterocycles. The summed E-state index contributed by atoms with van der Waals surface area (Å²) in [6, 6.07) is 2.13. The highest BCUT2D eigenvalue weighted by Crippen LogP contribution is 2.24. The van der Waals surface area contributed by atoms with Gasteiger partial charge >= 0.3 is 0 Å². The minimum Gasteiger partial charge on any atom is -0.312 e. The maximum atomic E-state index is 4.20. The van der Waals surface area contributed by atoms with E-state index in [1.807, 2.05) is 6.20 Å². The first-order valence-electron chi connectivity index (χ1n) is 4.12. The maximum absolute atomic E-state index is 4.20. The third-order valence-corrected chi connectivity index (χ3v) is 2.72. The Balaban J connectivity index is 2.47. The Morgan fingerprint density at radius 1 is 1.67 bits per heavy atom. The number of fused-ring (bicyclic) bond motifs is 1. The van der Waals surface area contributed by atoms with Crippen LogP contribution in [0.15, 0.2) is 16.9 Å². The molecule has 1 aliphatic rings. The first-order chi connectivity index (χ1) is 5.77. The first-order valence-corrected chi connectivity index (χ1v) is 4.91. The highest BCUT2D eigenvalue weighted by atomic mass is 79.9. The molecule has 2 heterocycles. The van der Waals surface area contributed by atoms with Crippen LogP contribution < -0.4 is 5.32 Å². The second kappa shape index (κ2) is 3.15. The molecule has 1 unspecified atom stereocenters. The molecule has 0 amide bonds. The molecule has 1 atom stereocenters. The number of hydrogen-bond donors (Lipinski definition) is 1. The van der Waals surface area contributed by atoms with E-state index in [4.69, 9.17) is 0 Å². The van der Waals surface area contributed by atoms with E-state index >= 15 is 0 Å². The average molecular weight is 227 g/mol. The summed E-state index contributed by atoms with van der Waals surface area (Å²) in [7, 11) is 0. The Hall–Kier alpha value is -0.410. The van der Waals surface area contributed by atoms with Crippen molar-refractivity contribution in [2.75, 3.05) is 6.54 Å². The van der Waals surface area contributed by atoms with E-state index in [0.29, 0.717) is 5.92 Å². The molecule has 0 spiro atoms. The fraction of sp³-hybridized carbons (Fsp3) is 0.444. The van der Waals surface area contributed by atoms with Gasteiger partial charge in [-0.25, -0.2) is 4.98 Å². The number of pyridine rings is 1. The standard InChI is InChI=1S/C9H11BrN2/c1-6-3-11-4-7-5-12-9(10)2-8(6)7/h2,5-6,11H,3-4H2,1H3.